The second kappa shape index (κ2) is 14.1. The fourth-order valence-electron chi connectivity index (χ4n) is 5.31. The van der Waals surface area contributed by atoms with Gasteiger partial charge >= 0.3 is 5.97 Å². The van der Waals surface area contributed by atoms with Gasteiger partial charge in [-0.25, -0.2) is 4.68 Å². The van der Waals surface area contributed by atoms with Crippen molar-refractivity contribution in [2.45, 2.75) is 58.8 Å². The number of hydrogen-bond acceptors (Lipinski definition) is 7. The molecule has 1 fully saturated rings. The van der Waals surface area contributed by atoms with E-state index in [1.165, 1.54) is 11.9 Å². The van der Waals surface area contributed by atoms with Crippen molar-refractivity contribution in [2.75, 3.05) is 13.6 Å². The first-order valence-corrected chi connectivity index (χ1v) is 14.7. The monoisotopic (exact) mass is 600 g/mol. The molecule has 2 heterocycles. The van der Waals surface area contributed by atoms with Crippen molar-refractivity contribution >= 4 is 23.7 Å². The molecule has 1 aliphatic rings. The van der Waals surface area contributed by atoms with E-state index >= 15 is 0 Å². The highest BCUT2D eigenvalue weighted by atomic mass is 16.5. The number of carbonyl (C=O) groups excluding carboxylic acids is 4. The number of ether oxygens (including phenoxy) is 1. The van der Waals surface area contributed by atoms with Crippen LogP contribution in [0.2, 0.25) is 0 Å². The minimum absolute atomic E-state index is 0.0940. The number of amides is 3. The third-order valence-electron chi connectivity index (χ3n) is 7.82. The zero-order valence-electron chi connectivity index (χ0n) is 25.8. The molecule has 3 amide bonds. The fourth-order valence-corrected chi connectivity index (χ4v) is 5.31. The molecule has 0 saturated carbocycles. The fraction of sp³-hybridized carbons (Fsp3) is 0.394. The Balaban J connectivity index is 1.55. The summed E-state index contributed by atoms with van der Waals surface area (Å²) in [5.74, 6) is -2.82. The van der Waals surface area contributed by atoms with E-state index < -0.39 is 54.3 Å². The van der Waals surface area contributed by atoms with Crippen LogP contribution in [0.5, 0.6) is 0 Å². The molecule has 0 bridgehead atoms. The van der Waals surface area contributed by atoms with E-state index in [1.54, 1.807) is 38.6 Å². The normalized spacial score (nSPS) is 22.6. The number of nitrogens with zero attached hydrogens (tertiary/aromatic N) is 4. The molecule has 44 heavy (non-hydrogen) atoms. The van der Waals surface area contributed by atoms with Crippen molar-refractivity contribution in [1.82, 2.24) is 30.5 Å². The van der Waals surface area contributed by atoms with Gasteiger partial charge in [0.2, 0.25) is 17.7 Å². The highest BCUT2D eigenvalue weighted by molar-refractivity contribution is 5.93. The SMILES string of the molecule is C=C1CC(=O)N[C@@H](C)C(=O)N(C)[C@@H](C(C)C)C(=O)NCC(=O)O[C@@H](c2cn(Cc3ccc(-c4ccccc4)cc3)nn2)[C@@H]1C. The second-order valence-electron chi connectivity index (χ2n) is 11.6. The highest BCUT2D eigenvalue weighted by Crippen LogP contribution is 2.31. The molecule has 2 N–H and O–H groups in total. The van der Waals surface area contributed by atoms with Gasteiger partial charge in [0.1, 0.15) is 24.3 Å². The van der Waals surface area contributed by atoms with Crippen molar-refractivity contribution in [3.8, 4) is 11.1 Å². The average molecular weight is 601 g/mol. The molecule has 1 aliphatic heterocycles. The summed E-state index contributed by atoms with van der Waals surface area (Å²) in [6, 6.07) is 16.5. The molecule has 0 aliphatic carbocycles. The predicted octanol–water partition coefficient (Wildman–Crippen LogP) is 3.28. The van der Waals surface area contributed by atoms with E-state index in [0.29, 0.717) is 17.8 Å². The molecule has 1 saturated heterocycles. The molecule has 3 aromatic rings. The van der Waals surface area contributed by atoms with Crippen LogP contribution < -0.4 is 10.6 Å². The van der Waals surface area contributed by atoms with Crippen molar-refractivity contribution in [3.05, 3.63) is 84.2 Å². The first kappa shape index (κ1) is 32.1. The molecule has 11 nitrogen and oxygen atoms in total. The maximum absolute atomic E-state index is 13.1. The van der Waals surface area contributed by atoms with Crippen LogP contribution in [0.15, 0.2) is 72.9 Å². The summed E-state index contributed by atoms with van der Waals surface area (Å²) < 4.78 is 7.48. The Kier molecular flexibility index (Phi) is 10.3. The Hall–Kier alpha value is -4.80. The molecular weight excluding hydrogens is 560 g/mol. The number of nitrogens with one attached hydrogen (secondary N) is 2. The van der Waals surface area contributed by atoms with Crippen LogP contribution >= 0.6 is 0 Å². The molecule has 4 atom stereocenters. The number of benzene rings is 2. The van der Waals surface area contributed by atoms with E-state index in [9.17, 15) is 19.2 Å². The van der Waals surface area contributed by atoms with Gasteiger partial charge in [0.15, 0.2) is 6.10 Å². The van der Waals surface area contributed by atoms with Crippen LogP contribution in [0, 0.1) is 11.8 Å². The molecule has 0 spiro atoms. The minimum Gasteiger partial charge on any atom is -0.454 e. The van der Waals surface area contributed by atoms with Crippen LogP contribution in [-0.2, 0) is 30.5 Å². The molecule has 1 aromatic heterocycles. The van der Waals surface area contributed by atoms with Crippen molar-refractivity contribution in [2.24, 2.45) is 11.8 Å². The van der Waals surface area contributed by atoms with Gasteiger partial charge < -0.3 is 20.3 Å². The lowest BCUT2D eigenvalue weighted by atomic mass is 9.92. The summed E-state index contributed by atoms with van der Waals surface area (Å²) in [7, 11) is 1.50. The predicted molar refractivity (Wildman–Crippen MR) is 165 cm³/mol. The van der Waals surface area contributed by atoms with E-state index in [-0.39, 0.29) is 12.3 Å². The number of aromatic nitrogens is 3. The molecule has 232 valence electrons. The lowest BCUT2D eigenvalue weighted by molar-refractivity contribution is -0.152. The van der Waals surface area contributed by atoms with Crippen LogP contribution in [0.1, 0.15) is 51.5 Å². The van der Waals surface area contributed by atoms with Gasteiger partial charge in [0.05, 0.1) is 12.7 Å². The van der Waals surface area contributed by atoms with Crippen LogP contribution in [-0.4, -0.2) is 69.3 Å². The van der Waals surface area contributed by atoms with Gasteiger partial charge in [-0.3, -0.25) is 19.2 Å². The Morgan fingerprint density at radius 3 is 2.32 bits per heavy atom. The maximum atomic E-state index is 13.1. The summed E-state index contributed by atoms with van der Waals surface area (Å²) in [6.07, 6.45) is 0.689. The largest absolute Gasteiger partial charge is 0.454 e. The number of carbonyl (C=O) groups is 4. The van der Waals surface area contributed by atoms with Crippen molar-refractivity contribution in [3.63, 3.8) is 0 Å². The second-order valence-corrected chi connectivity index (χ2v) is 11.6. The third kappa shape index (κ3) is 7.77. The number of esters is 1. The minimum atomic E-state index is -0.915. The Bertz CT molecular complexity index is 1500. The molecule has 0 radical (unpaired) electrons. The van der Waals surface area contributed by atoms with Crippen LogP contribution in [0.4, 0.5) is 0 Å². The summed E-state index contributed by atoms with van der Waals surface area (Å²) in [5, 5.41) is 13.9. The van der Waals surface area contributed by atoms with Crippen LogP contribution in [0.25, 0.3) is 11.1 Å². The molecular formula is C33H40N6O5. The van der Waals surface area contributed by atoms with E-state index in [0.717, 1.165) is 16.7 Å². The lowest BCUT2D eigenvalue weighted by Crippen LogP contribution is -2.55. The Morgan fingerprint density at radius 2 is 1.66 bits per heavy atom. The summed E-state index contributed by atoms with van der Waals surface area (Å²) >= 11 is 0. The summed E-state index contributed by atoms with van der Waals surface area (Å²) in [6.45, 7) is 11.1. The molecule has 0 unspecified atom stereocenters. The third-order valence-corrected chi connectivity index (χ3v) is 7.82. The average Bonchev–Trinajstić information content (AvgIpc) is 3.46. The standard InChI is InChI=1S/C33H40N6O5/c1-20(2)30-32(42)34-17-29(41)44-31(22(4)21(3)16-28(40)35-23(5)33(43)38(30)6)27-19-39(37-36-27)18-24-12-14-26(15-13-24)25-10-8-7-9-11-25/h7-15,19-20,22-23,30-31H,3,16-18H2,1-2,4-6H3,(H,34,42)(H,35,40)/t22-,23+,30+,31-/m1/s1. The topological polar surface area (TPSA) is 136 Å². The Labute approximate surface area is 257 Å². The van der Waals surface area contributed by atoms with E-state index in [2.05, 4.69) is 39.7 Å². The first-order valence-electron chi connectivity index (χ1n) is 14.7. The van der Waals surface area contributed by atoms with Gasteiger partial charge in [-0.05, 0) is 29.5 Å². The quantitative estimate of drug-likeness (QED) is 0.339. The highest BCUT2D eigenvalue weighted by Gasteiger charge is 2.34. The van der Waals surface area contributed by atoms with E-state index in [4.69, 9.17) is 4.74 Å². The summed E-state index contributed by atoms with van der Waals surface area (Å²) in [4.78, 5) is 53.3. The maximum Gasteiger partial charge on any atom is 0.326 e. The first-order chi connectivity index (χ1) is 20.9. The van der Waals surface area contributed by atoms with Gasteiger partial charge in [-0.2, -0.15) is 0 Å². The van der Waals surface area contributed by atoms with Crippen molar-refractivity contribution < 1.29 is 23.9 Å². The number of rotatable bonds is 5. The van der Waals surface area contributed by atoms with Gasteiger partial charge in [-0.15, -0.1) is 5.10 Å². The number of likely N-dealkylation sites (N-methyl/N-ethyl adjacent to an activating group) is 1. The number of hydrogen-bond donors (Lipinski definition) is 2. The van der Waals surface area contributed by atoms with Crippen molar-refractivity contribution in [1.29, 1.82) is 0 Å². The van der Waals surface area contributed by atoms with E-state index in [1.807, 2.05) is 42.5 Å². The number of cyclic esters (lactones) is 1. The van der Waals surface area contributed by atoms with Gasteiger partial charge in [0, 0.05) is 19.4 Å². The molecule has 11 heteroatoms. The lowest BCUT2D eigenvalue weighted by Gasteiger charge is -2.32. The Morgan fingerprint density at radius 1 is 1.00 bits per heavy atom. The van der Waals surface area contributed by atoms with Gasteiger partial charge in [0.25, 0.3) is 0 Å². The molecule has 2 aromatic carbocycles. The van der Waals surface area contributed by atoms with Crippen LogP contribution in [0.3, 0.4) is 0 Å². The zero-order valence-corrected chi connectivity index (χ0v) is 25.8. The summed E-state index contributed by atoms with van der Waals surface area (Å²) in [5.41, 5.74) is 4.10. The smallest absolute Gasteiger partial charge is 0.326 e. The molecule has 4 rings (SSSR count). The van der Waals surface area contributed by atoms with Gasteiger partial charge in [-0.1, -0.05) is 92.7 Å². The zero-order chi connectivity index (χ0) is 32.0.